The molecule has 0 unspecified atom stereocenters. The molecule has 4 aromatic rings. The predicted molar refractivity (Wildman–Crippen MR) is 122 cm³/mol. The van der Waals surface area contributed by atoms with Crippen molar-refractivity contribution in [1.82, 2.24) is 15.5 Å². The molecule has 0 aliphatic rings. The third kappa shape index (κ3) is 4.68. The lowest BCUT2D eigenvalue weighted by molar-refractivity contribution is 0.0951. The van der Waals surface area contributed by atoms with Crippen LogP contribution >= 0.6 is 34.8 Å². The number of aromatic nitrogens is 2. The van der Waals surface area contributed by atoms with Crippen molar-refractivity contribution in [3.05, 3.63) is 99.0 Å². The molecule has 0 saturated heterocycles. The predicted octanol–water partition coefficient (Wildman–Crippen LogP) is 6.63. The molecule has 7 heteroatoms. The Hall–Kier alpha value is -2.79. The van der Waals surface area contributed by atoms with Gasteiger partial charge in [-0.25, -0.2) is 0 Å². The van der Waals surface area contributed by atoms with Crippen molar-refractivity contribution >= 4 is 40.7 Å². The number of carbonyl (C=O) groups excluding carboxylic acids is 1. The van der Waals surface area contributed by atoms with Crippen LogP contribution in [-0.4, -0.2) is 16.1 Å². The van der Waals surface area contributed by atoms with Crippen molar-refractivity contribution in [2.45, 2.75) is 6.54 Å². The zero-order valence-corrected chi connectivity index (χ0v) is 17.9. The number of hydrogen-bond acceptors (Lipinski definition) is 2. The second-order valence-corrected chi connectivity index (χ2v) is 7.96. The summed E-state index contributed by atoms with van der Waals surface area (Å²) in [6, 6.07) is 21.9. The zero-order valence-electron chi connectivity index (χ0n) is 15.6. The monoisotopic (exact) mass is 455 g/mol. The number of nitrogens with one attached hydrogen (secondary N) is 2. The van der Waals surface area contributed by atoms with Crippen molar-refractivity contribution in [2.24, 2.45) is 0 Å². The van der Waals surface area contributed by atoms with Gasteiger partial charge in [0.05, 0.1) is 16.4 Å². The molecule has 1 heterocycles. The summed E-state index contributed by atoms with van der Waals surface area (Å²) in [5.41, 5.74) is 4.80. The van der Waals surface area contributed by atoms with Crippen LogP contribution in [0.3, 0.4) is 0 Å². The molecule has 4 rings (SSSR count). The first kappa shape index (κ1) is 20.5. The fraction of sp³-hybridized carbons (Fsp3) is 0.0435. The summed E-state index contributed by atoms with van der Waals surface area (Å²) in [5, 5.41) is 12.0. The van der Waals surface area contributed by atoms with E-state index in [1.807, 2.05) is 36.4 Å². The van der Waals surface area contributed by atoms with Gasteiger partial charge in [-0.1, -0.05) is 59.1 Å². The summed E-state index contributed by atoms with van der Waals surface area (Å²) in [6.07, 6.45) is 0. The molecule has 150 valence electrons. The van der Waals surface area contributed by atoms with Gasteiger partial charge in [-0.3, -0.25) is 9.89 Å². The minimum atomic E-state index is -0.146. The fourth-order valence-corrected chi connectivity index (χ4v) is 3.63. The van der Waals surface area contributed by atoms with Gasteiger partial charge in [0, 0.05) is 33.3 Å². The van der Waals surface area contributed by atoms with Crippen LogP contribution < -0.4 is 5.32 Å². The second-order valence-electron chi connectivity index (χ2n) is 6.68. The molecule has 0 atom stereocenters. The molecule has 1 amide bonds. The molecule has 0 radical (unpaired) electrons. The number of benzene rings is 3. The van der Waals surface area contributed by atoms with Crippen LogP contribution in [0.25, 0.3) is 22.5 Å². The van der Waals surface area contributed by atoms with Gasteiger partial charge in [0.25, 0.3) is 5.91 Å². The van der Waals surface area contributed by atoms with E-state index in [2.05, 4.69) is 15.5 Å². The Balaban J connectivity index is 1.45. The third-order valence-corrected chi connectivity index (χ3v) is 5.41. The Morgan fingerprint density at radius 1 is 0.867 bits per heavy atom. The molecular formula is C23H16Cl3N3O. The number of amides is 1. The van der Waals surface area contributed by atoms with Gasteiger partial charge in [-0.2, -0.15) is 5.10 Å². The first-order valence-electron chi connectivity index (χ1n) is 9.13. The van der Waals surface area contributed by atoms with E-state index in [1.54, 1.807) is 36.4 Å². The van der Waals surface area contributed by atoms with E-state index in [0.717, 1.165) is 28.1 Å². The number of H-pyrrole nitrogens is 1. The highest BCUT2D eigenvalue weighted by atomic mass is 35.5. The number of rotatable bonds is 5. The summed E-state index contributed by atoms with van der Waals surface area (Å²) in [4.78, 5) is 12.4. The van der Waals surface area contributed by atoms with E-state index < -0.39 is 0 Å². The van der Waals surface area contributed by atoms with Crippen molar-refractivity contribution in [1.29, 1.82) is 0 Å². The Labute approximate surface area is 188 Å². The van der Waals surface area contributed by atoms with Crippen LogP contribution in [0.5, 0.6) is 0 Å². The average Bonchev–Trinajstić information content (AvgIpc) is 3.23. The topological polar surface area (TPSA) is 57.8 Å². The number of nitrogens with zero attached hydrogens (tertiary/aromatic N) is 1. The summed E-state index contributed by atoms with van der Waals surface area (Å²) in [7, 11) is 0. The lowest BCUT2D eigenvalue weighted by atomic mass is 10.1. The molecule has 1 aromatic heterocycles. The Kier molecular flexibility index (Phi) is 6.09. The van der Waals surface area contributed by atoms with Gasteiger partial charge < -0.3 is 5.32 Å². The van der Waals surface area contributed by atoms with Crippen molar-refractivity contribution in [3.63, 3.8) is 0 Å². The highest BCUT2D eigenvalue weighted by Crippen LogP contribution is 2.31. The number of aromatic amines is 1. The molecular weight excluding hydrogens is 441 g/mol. The third-order valence-electron chi connectivity index (χ3n) is 4.61. The first-order valence-corrected chi connectivity index (χ1v) is 10.3. The lowest BCUT2D eigenvalue weighted by Gasteiger charge is -2.06. The maximum Gasteiger partial charge on any atom is 0.251 e. The molecule has 3 aromatic carbocycles. The van der Waals surface area contributed by atoms with Crippen molar-refractivity contribution < 1.29 is 4.79 Å². The highest BCUT2D eigenvalue weighted by Gasteiger charge is 2.11. The zero-order chi connectivity index (χ0) is 21.1. The van der Waals surface area contributed by atoms with Gasteiger partial charge in [0.15, 0.2) is 0 Å². The fourth-order valence-electron chi connectivity index (χ4n) is 2.99. The van der Waals surface area contributed by atoms with Crippen molar-refractivity contribution in [3.8, 4) is 22.5 Å². The molecule has 0 aliphatic heterocycles. The molecule has 4 nitrogen and oxygen atoms in total. The van der Waals surface area contributed by atoms with Crippen molar-refractivity contribution in [2.75, 3.05) is 0 Å². The Morgan fingerprint density at radius 2 is 1.57 bits per heavy atom. The van der Waals surface area contributed by atoms with E-state index in [4.69, 9.17) is 34.8 Å². The molecule has 0 spiro atoms. The maximum absolute atomic E-state index is 12.4. The van der Waals surface area contributed by atoms with E-state index in [0.29, 0.717) is 27.2 Å². The van der Waals surface area contributed by atoms with Gasteiger partial charge in [-0.05, 0) is 54.1 Å². The average molecular weight is 457 g/mol. The molecule has 0 saturated carbocycles. The summed E-state index contributed by atoms with van der Waals surface area (Å²) >= 11 is 18.1. The van der Waals surface area contributed by atoms with Crippen LogP contribution in [0.15, 0.2) is 72.8 Å². The minimum Gasteiger partial charge on any atom is -0.348 e. The lowest BCUT2D eigenvalue weighted by Crippen LogP contribution is -2.22. The van der Waals surface area contributed by atoms with Crippen LogP contribution in [0.4, 0.5) is 0 Å². The van der Waals surface area contributed by atoms with Crippen LogP contribution in [-0.2, 0) is 6.54 Å². The van der Waals surface area contributed by atoms with Gasteiger partial charge >= 0.3 is 0 Å². The Morgan fingerprint density at radius 3 is 2.27 bits per heavy atom. The van der Waals surface area contributed by atoms with E-state index in [1.165, 1.54) is 0 Å². The molecule has 0 aliphatic carbocycles. The summed E-state index contributed by atoms with van der Waals surface area (Å²) in [5.74, 6) is -0.146. The summed E-state index contributed by atoms with van der Waals surface area (Å²) < 4.78 is 0. The van der Waals surface area contributed by atoms with Crippen LogP contribution in [0, 0.1) is 0 Å². The second kappa shape index (κ2) is 8.92. The van der Waals surface area contributed by atoms with Crippen LogP contribution in [0.1, 0.15) is 15.9 Å². The number of carbonyl (C=O) groups is 1. The maximum atomic E-state index is 12.4. The standard InChI is InChI=1S/C23H16Cl3N3O/c24-17-7-1-14(2-8-17)13-27-23(30)16-5-3-15(4-6-16)21-12-22(29-28-21)19-10-9-18(25)11-20(19)26/h1-12H,13H2,(H,27,30)(H,28,29). The van der Waals surface area contributed by atoms with E-state index >= 15 is 0 Å². The largest absolute Gasteiger partial charge is 0.348 e. The van der Waals surface area contributed by atoms with Gasteiger partial charge in [0.1, 0.15) is 0 Å². The molecule has 0 fully saturated rings. The SMILES string of the molecule is O=C(NCc1ccc(Cl)cc1)c1ccc(-c2cc(-c3ccc(Cl)cc3Cl)[nH]n2)cc1. The van der Waals surface area contributed by atoms with Gasteiger partial charge in [-0.15, -0.1) is 0 Å². The first-order chi connectivity index (χ1) is 14.5. The summed E-state index contributed by atoms with van der Waals surface area (Å²) in [6.45, 7) is 0.433. The molecule has 30 heavy (non-hydrogen) atoms. The quantitative estimate of drug-likeness (QED) is 0.354. The molecule has 2 N–H and O–H groups in total. The smallest absolute Gasteiger partial charge is 0.251 e. The van der Waals surface area contributed by atoms with E-state index in [9.17, 15) is 4.79 Å². The number of hydrogen-bond donors (Lipinski definition) is 2. The normalized spacial score (nSPS) is 10.8. The van der Waals surface area contributed by atoms with Gasteiger partial charge in [0.2, 0.25) is 0 Å². The van der Waals surface area contributed by atoms with Crippen LogP contribution in [0.2, 0.25) is 15.1 Å². The highest BCUT2D eigenvalue weighted by molar-refractivity contribution is 6.36. The minimum absolute atomic E-state index is 0.146. The Bertz CT molecular complexity index is 1190. The molecule has 0 bridgehead atoms. The number of halogens is 3. The van der Waals surface area contributed by atoms with E-state index in [-0.39, 0.29) is 5.91 Å².